The number of H-pyrrole nitrogens is 1. The van der Waals surface area contributed by atoms with E-state index in [1.165, 1.54) is 10.9 Å². The predicted octanol–water partition coefficient (Wildman–Crippen LogP) is -0.277. The molecule has 0 atom stereocenters. The van der Waals surface area contributed by atoms with Crippen LogP contribution in [0, 0.1) is 0 Å². The van der Waals surface area contributed by atoms with Gasteiger partial charge in [-0.05, 0) is 0 Å². The van der Waals surface area contributed by atoms with Crippen LogP contribution in [0.4, 0.5) is 5.82 Å². The fourth-order valence-electron chi connectivity index (χ4n) is 1.36. The number of hydrogen-bond donors (Lipinski definition) is 1. The van der Waals surface area contributed by atoms with Gasteiger partial charge in [0.05, 0.1) is 0 Å². The van der Waals surface area contributed by atoms with Crippen molar-refractivity contribution in [1.82, 2.24) is 19.5 Å². The fraction of sp³-hybridized carbons (Fsp3) is 0.375. The minimum atomic E-state index is -0.177. The second-order valence-corrected chi connectivity index (χ2v) is 3.28. The first-order valence-electron chi connectivity index (χ1n) is 4.18. The molecule has 0 bridgehead atoms. The maximum absolute atomic E-state index is 11.3. The number of aromatic amines is 1. The van der Waals surface area contributed by atoms with Crippen LogP contribution in [-0.4, -0.2) is 33.6 Å². The topological polar surface area (TPSA) is 66.8 Å². The first-order chi connectivity index (χ1) is 6.61. The molecule has 0 saturated carbocycles. The van der Waals surface area contributed by atoms with Crippen LogP contribution in [0.25, 0.3) is 11.2 Å². The van der Waals surface area contributed by atoms with Crippen LogP contribution < -0.4 is 10.6 Å². The Morgan fingerprint density at radius 1 is 1.43 bits per heavy atom. The summed E-state index contributed by atoms with van der Waals surface area (Å²) < 4.78 is 1.46. The number of aromatic nitrogens is 4. The number of aryl methyl sites for hydroxylation is 1. The Hall–Kier alpha value is -1.85. The van der Waals surface area contributed by atoms with Gasteiger partial charge in [0.25, 0.3) is 0 Å². The van der Waals surface area contributed by atoms with Gasteiger partial charge in [-0.3, -0.25) is 4.57 Å². The summed E-state index contributed by atoms with van der Waals surface area (Å²) in [6.45, 7) is 0. The van der Waals surface area contributed by atoms with Crippen LogP contribution in [-0.2, 0) is 7.05 Å². The molecule has 0 unspecified atom stereocenters. The molecule has 2 aromatic heterocycles. The quantitative estimate of drug-likeness (QED) is 0.676. The number of rotatable bonds is 1. The molecule has 6 nitrogen and oxygen atoms in total. The van der Waals surface area contributed by atoms with E-state index in [2.05, 4.69) is 15.0 Å². The van der Waals surface area contributed by atoms with Crippen molar-refractivity contribution in [3.05, 3.63) is 16.8 Å². The molecule has 0 aromatic carbocycles. The van der Waals surface area contributed by atoms with Gasteiger partial charge < -0.3 is 9.88 Å². The third kappa shape index (κ3) is 1.07. The molecule has 1 N–H and O–H groups in total. The Bertz CT molecular complexity index is 524. The monoisotopic (exact) mass is 193 g/mol. The highest BCUT2D eigenvalue weighted by atomic mass is 16.1. The van der Waals surface area contributed by atoms with Gasteiger partial charge in [0.1, 0.15) is 11.8 Å². The Balaban J connectivity index is 2.88. The molecule has 14 heavy (non-hydrogen) atoms. The molecule has 2 heterocycles. The first-order valence-corrected chi connectivity index (χ1v) is 4.18. The zero-order valence-corrected chi connectivity index (χ0v) is 8.27. The van der Waals surface area contributed by atoms with E-state index in [-0.39, 0.29) is 5.69 Å². The Morgan fingerprint density at radius 3 is 2.79 bits per heavy atom. The fourth-order valence-corrected chi connectivity index (χ4v) is 1.36. The zero-order chi connectivity index (χ0) is 10.3. The molecule has 2 rings (SSSR count). The van der Waals surface area contributed by atoms with E-state index in [4.69, 9.17) is 0 Å². The predicted molar refractivity (Wildman–Crippen MR) is 53.5 cm³/mol. The minimum Gasteiger partial charge on any atom is -0.361 e. The van der Waals surface area contributed by atoms with Crippen LogP contribution in [0.2, 0.25) is 0 Å². The van der Waals surface area contributed by atoms with Gasteiger partial charge in [0, 0.05) is 21.1 Å². The SMILES string of the molecule is CN(C)c1ncnc2c1[nH]c(=O)n2C. The summed E-state index contributed by atoms with van der Waals surface area (Å²) in [6, 6.07) is 0. The van der Waals surface area contributed by atoms with E-state index in [9.17, 15) is 4.79 Å². The molecule has 0 amide bonds. The highest BCUT2D eigenvalue weighted by molar-refractivity contribution is 5.82. The number of hydrogen-bond acceptors (Lipinski definition) is 4. The number of imidazole rings is 1. The third-order valence-electron chi connectivity index (χ3n) is 2.09. The number of nitrogens with one attached hydrogen (secondary N) is 1. The zero-order valence-electron chi connectivity index (χ0n) is 8.27. The van der Waals surface area contributed by atoms with E-state index in [1.54, 1.807) is 7.05 Å². The second-order valence-electron chi connectivity index (χ2n) is 3.28. The van der Waals surface area contributed by atoms with Crippen LogP contribution in [0.1, 0.15) is 0 Å². The summed E-state index contributed by atoms with van der Waals surface area (Å²) in [4.78, 5) is 24.0. The lowest BCUT2D eigenvalue weighted by Gasteiger charge is -2.10. The smallest absolute Gasteiger partial charge is 0.327 e. The molecule has 0 spiro atoms. The number of anilines is 1. The molecular formula is C8H11N5O. The third-order valence-corrected chi connectivity index (χ3v) is 2.09. The lowest BCUT2D eigenvalue weighted by Crippen LogP contribution is -2.12. The van der Waals surface area contributed by atoms with Gasteiger partial charge in [-0.1, -0.05) is 0 Å². The summed E-state index contributed by atoms with van der Waals surface area (Å²) in [5.41, 5.74) is 1.11. The minimum absolute atomic E-state index is 0.177. The van der Waals surface area contributed by atoms with Crippen molar-refractivity contribution in [2.75, 3.05) is 19.0 Å². The van der Waals surface area contributed by atoms with Crippen molar-refractivity contribution in [2.24, 2.45) is 7.05 Å². The molecule has 0 aliphatic heterocycles. The van der Waals surface area contributed by atoms with Crippen LogP contribution in [0.15, 0.2) is 11.1 Å². The van der Waals surface area contributed by atoms with Crippen molar-refractivity contribution in [3.63, 3.8) is 0 Å². The van der Waals surface area contributed by atoms with Crippen molar-refractivity contribution in [1.29, 1.82) is 0 Å². The van der Waals surface area contributed by atoms with Gasteiger partial charge in [-0.2, -0.15) is 0 Å². The second kappa shape index (κ2) is 2.83. The molecule has 74 valence electrons. The first kappa shape index (κ1) is 8.74. The summed E-state index contributed by atoms with van der Waals surface area (Å²) in [7, 11) is 5.41. The largest absolute Gasteiger partial charge is 0.361 e. The van der Waals surface area contributed by atoms with Crippen LogP contribution in [0.3, 0.4) is 0 Å². The molecule has 0 radical (unpaired) electrons. The van der Waals surface area contributed by atoms with Crippen LogP contribution >= 0.6 is 0 Å². The standard InChI is InChI=1S/C8H11N5O/c1-12(2)6-5-7(10-4-9-6)13(3)8(14)11-5/h4H,1-3H3,(H,11,14). The Labute approximate surface area is 80.2 Å². The average molecular weight is 193 g/mol. The molecule has 0 fully saturated rings. The lowest BCUT2D eigenvalue weighted by atomic mass is 10.5. The highest BCUT2D eigenvalue weighted by Crippen LogP contribution is 2.16. The highest BCUT2D eigenvalue weighted by Gasteiger charge is 2.10. The molecule has 0 aliphatic rings. The normalized spacial score (nSPS) is 10.8. The van der Waals surface area contributed by atoms with Gasteiger partial charge in [0.15, 0.2) is 11.5 Å². The number of nitrogens with zero attached hydrogens (tertiary/aromatic N) is 4. The number of fused-ring (bicyclic) bond motifs is 1. The van der Waals surface area contributed by atoms with Gasteiger partial charge in [-0.15, -0.1) is 0 Å². The van der Waals surface area contributed by atoms with Crippen molar-refractivity contribution < 1.29 is 0 Å². The molecule has 0 saturated heterocycles. The van der Waals surface area contributed by atoms with E-state index in [0.717, 1.165) is 0 Å². The average Bonchev–Trinajstić information content (AvgIpc) is 2.43. The molecule has 0 aliphatic carbocycles. The van der Waals surface area contributed by atoms with Crippen molar-refractivity contribution in [2.45, 2.75) is 0 Å². The Kier molecular flexibility index (Phi) is 1.77. The maximum atomic E-state index is 11.3. The van der Waals surface area contributed by atoms with Crippen molar-refractivity contribution >= 4 is 17.0 Å². The summed E-state index contributed by atoms with van der Waals surface area (Å²) in [5.74, 6) is 0.715. The van der Waals surface area contributed by atoms with Gasteiger partial charge >= 0.3 is 5.69 Å². The van der Waals surface area contributed by atoms with Gasteiger partial charge in [0.2, 0.25) is 0 Å². The van der Waals surface area contributed by atoms with E-state index in [1.807, 2.05) is 19.0 Å². The Morgan fingerprint density at radius 2 is 2.14 bits per heavy atom. The summed E-state index contributed by atoms with van der Waals surface area (Å²) in [5, 5.41) is 0. The maximum Gasteiger partial charge on any atom is 0.327 e. The summed E-state index contributed by atoms with van der Waals surface area (Å²) in [6.07, 6.45) is 1.45. The molecular weight excluding hydrogens is 182 g/mol. The molecule has 6 heteroatoms. The van der Waals surface area contributed by atoms with E-state index in [0.29, 0.717) is 17.0 Å². The molecule has 2 aromatic rings. The van der Waals surface area contributed by atoms with E-state index >= 15 is 0 Å². The van der Waals surface area contributed by atoms with Crippen molar-refractivity contribution in [3.8, 4) is 0 Å². The lowest BCUT2D eigenvalue weighted by molar-refractivity contribution is 0.877. The van der Waals surface area contributed by atoms with Crippen LogP contribution in [0.5, 0.6) is 0 Å². The summed E-state index contributed by atoms with van der Waals surface area (Å²) >= 11 is 0. The van der Waals surface area contributed by atoms with E-state index < -0.39 is 0 Å². The van der Waals surface area contributed by atoms with Gasteiger partial charge in [-0.25, -0.2) is 14.8 Å².